The Kier molecular flexibility index (Phi) is 11.6. The van der Waals surface area contributed by atoms with Crippen molar-refractivity contribution in [2.24, 2.45) is 0 Å². The topological polar surface area (TPSA) is 86.8 Å². The molecule has 1 N–H and O–H groups in total. The lowest BCUT2D eigenvalue weighted by Crippen LogP contribution is -2.54. The van der Waals surface area contributed by atoms with Crippen LogP contribution in [0.5, 0.6) is 0 Å². The van der Waals surface area contributed by atoms with Crippen LogP contribution in [0.15, 0.2) is 112 Å². The first kappa shape index (κ1) is 33.9. The van der Waals surface area contributed by atoms with Gasteiger partial charge in [-0.15, -0.1) is 0 Å². The predicted molar refractivity (Wildman–Crippen MR) is 183 cm³/mol. The van der Waals surface area contributed by atoms with Gasteiger partial charge in [0.2, 0.25) is 11.8 Å². The maximum absolute atomic E-state index is 14.6. The van der Waals surface area contributed by atoms with Gasteiger partial charge < -0.3 is 10.2 Å². The highest BCUT2D eigenvalue weighted by atomic mass is 79.9. The number of halogens is 1. The van der Waals surface area contributed by atoms with Crippen molar-refractivity contribution in [1.82, 2.24) is 10.2 Å². The standard InChI is InChI=1S/C36H40BrN3O4S/c1-5-28(4)38-36(42)34(22-29-13-7-6-8-14-29)39(24-30-15-10-9-12-27(30)3)35(41)25-40(32-17-11-16-31(37)23-32)45(43,44)33-20-18-26(2)19-21-33/h6-21,23,28,34H,5,22,24-25H2,1-4H3,(H,38,42)/t28-,34+/m0/s1. The van der Waals surface area contributed by atoms with E-state index in [1.54, 1.807) is 48.5 Å². The van der Waals surface area contributed by atoms with Gasteiger partial charge in [0.15, 0.2) is 0 Å². The number of sulfonamides is 1. The molecule has 0 heterocycles. The number of benzene rings is 4. The number of carbonyl (C=O) groups excluding carboxylic acids is 2. The molecule has 0 saturated heterocycles. The summed E-state index contributed by atoms with van der Waals surface area (Å²) in [5.74, 6) is -0.778. The molecule has 0 spiro atoms. The fourth-order valence-electron chi connectivity index (χ4n) is 4.96. The Morgan fingerprint density at radius 2 is 1.53 bits per heavy atom. The van der Waals surface area contributed by atoms with Gasteiger partial charge in [-0.05, 0) is 74.2 Å². The summed E-state index contributed by atoms with van der Waals surface area (Å²) >= 11 is 3.45. The van der Waals surface area contributed by atoms with Gasteiger partial charge in [0, 0.05) is 23.5 Å². The number of nitrogens with one attached hydrogen (secondary N) is 1. The quantitative estimate of drug-likeness (QED) is 0.167. The van der Waals surface area contributed by atoms with Gasteiger partial charge >= 0.3 is 0 Å². The van der Waals surface area contributed by atoms with E-state index in [-0.39, 0.29) is 29.8 Å². The van der Waals surface area contributed by atoms with E-state index in [0.717, 1.165) is 33.0 Å². The molecule has 0 aromatic heterocycles. The Balaban J connectivity index is 1.82. The third-order valence-electron chi connectivity index (χ3n) is 7.86. The Morgan fingerprint density at radius 3 is 2.18 bits per heavy atom. The average molecular weight is 691 g/mol. The summed E-state index contributed by atoms with van der Waals surface area (Å²) in [5.41, 5.74) is 3.97. The van der Waals surface area contributed by atoms with Crippen LogP contribution >= 0.6 is 15.9 Å². The van der Waals surface area contributed by atoms with Crippen LogP contribution in [0.2, 0.25) is 0 Å². The molecule has 0 aliphatic rings. The minimum atomic E-state index is -4.16. The zero-order chi connectivity index (χ0) is 32.6. The summed E-state index contributed by atoms with van der Waals surface area (Å²) in [5, 5.41) is 3.07. The maximum atomic E-state index is 14.6. The fourth-order valence-corrected chi connectivity index (χ4v) is 6.76. The van der Waals surface area contributed by atoms with Crippen molar-refractivity contribution in [3.8, 4) is 0 Å². The van der Waals surface area contributed by atoms with Crippen molar-refractivity contribution in [2.45, 2.75) is 64.1 Å². The first-order chi connectivity index (χ1) is 21.5. The summed E-state index contributed by atoms with van der Waals surface area (Å²) in [4.78, 5) is 30.1. The molecule has 0 saturated carbocycles. The minimum Gasteiger partial charge on any atom is -0.352 e. The predicted octanol–water partition coefficient (Wildman–Crippen LogP) is 6.82. The van der Waals surface area contributed by atoms with Gasteiger partial charge in [0.25, 0.3) is 10.0 Å². The maximum Gasteiger partial charge on any atom is 0.264 e. The van der Waals surface area contributed by atoms with Crippen molar-refractivity contribution in [1.29, 1.82) is 0 Å². The molecular formula is C36H40BrN3O4S. The molecule has 0 bridgehead atoms. The van der Waals surface area contributed by atoms with E-state index in [1.165, 1.54) is 4.90 Å². The number of hydrogen-bond acceptors (Lipinski definition) is 4. The minimum absolute atomic E-state index is 0.0710. The van der Waals surface area contributed by atoms with Crippen molar-refractivity contribution >= 4 is 43.5 Å². The second-order valence-corrected chi connectivity index (χ2v) is 14.1. The third-order valence-corrected chi connectivity index (χ3v) is 10.1. The van der Waals surface area contributed by atoms with Crippen LogP contribution in [0, 0.1) is 13.8 Å². The highest BCUT2D eigenvalue weighted by Crippen LogP contribution is 2.28. The molecule has 4 aromatic rings. The fraction of sp³-hybridized carbons (Fsp3) is 0.278. The third kappa shape index (κ3) is 8.83. The van der Waals surface area contributed by atoms with Gasteiger partial charge in [-0.3, -0.25) is 13.9 Å². The molecule has 2 amide bonds. The van der Waals surface area contributed by atoms with E-state index >= 15 is 0 Å². The average Bonchev–Trinajstić information content (AvgIpc) is 3.02. The largest absolute Gasteiger partial charge is 0.352 e. The number of nitrogens with zero attached hydrogens (tertiary/aromatic N) is 2. The van der Waals surface area contributed by atoms with Crippen LogP contribution in [-0.4, -0.2) is 43.8 Å². The molecule has 2 atom stereocenters. The number of carbonyl (C=O) groups is 2. The first-order valence-corrected chi connectivity index (χ1v) is 17.3. The van der Waals surface area contributed by atoms with Gasteiger partial charge in [-0.1, -0.05) is 101 Å². The molecule has 9 heteroatoms. The van der Waals surface area contributed by atoms with Crippen LogP contribution in [0.1, 0.15) is 42.5 Å². The number of hydrogen-bond donors (Lipinski definition) is 1. The monoisotopic (exact) mass is 689 g/mol. The van der Waals surface area contributed by atoms with E-state index in [4.69, 9.17) is 0 Å². The molecule has 7 nitrogen and oxygen atoms in total. The molecule has 45 heavy (non-hydrogen) atoms. The SMILES string of the molecule is CC[C@H](C)NC(=O)[C@@H](Cc1ccccc1)N(Cc1ccccc1C)C(=O)CN(c1cccc(Br)c1)S(=O)(=O)c1ccc(C)cc1. The summed E-state index contributed by atoms with van der Waals surface area (Å²) < 4.78 is 30.1. The van der Waals surface area contributed by atoms with Crippen molar-refractivity contribution in [3.63, 3.8) is 0 Å². The number of rotatable bonds is 13. The van der Waals surface area contributed by atoms with E-state index in [0.29, 0.717) is 10.2 Å². The van der Waals surface area contributed by atoms with Gasteiger partial charge in [-0.25, -0.2) is 8.42 Å². The van der Waals surface area contributed by atoms with E-state index in [1.807, 2.05) is 82.3 Å². The van der Waals surface area contributed by atoms with Crippen LogP contribution in [0.25, 0.3) is 0 Å². The Morgan fingerprint density at radius 1 is 0.867 bits per heavy atom. The smallest absolute Gasteiger partial charge is 0.264 e. The van der Waals surface area contributed by atoms with Crippen molar-refractivity contribution in [2.75, 3.05) is 10.8 Å². The first-order valence-electron chi connectivity index (χ1n) is 15.0. The van der Waals surface area contributed by atoms with E-state index < -0.39 is 28.5 Å². The summed E-state index contributed by atoms with van der Waals surface area (Å²) in [7, 11) is -4.16. The van der Waals surface area contributed by atoms with Crippen LogP contribution in [0.4, 0.5) is 5.69 Å². The van der Waals surface area contributed by atoms with Crippen LogP contribution in [0.3, 0.4) is 0 Å². The number of aryl methyl sites for hydroxylation is 2. The molecule has 0 aliphatic carbocycles. The van der Waals surface area contributed by atoms with Crippen molar-refractivity contribution < 1.29 is 18.0 Å². The second kappa shape index (κ2) is 15.4. The number of anilines is 1. The summed E-state index contributed by atoms with van der Waals surface area (Å²) in [6.45, 7) is 7.38. The second-order valence-electron chi connectivity index (χ2n) is 11.3. The van der Waals surface area contributed by atoms with Gasteiger partial charge in [-0.2, -0.15) is 0 Å². The molecule has 0 unspecified atom stereocenters. The lowest BCUT2D eigenvalue weighted by Gasteiger charge is -2.34. The molecule has 4 aromatic carbocycles. The highest BCUT2D eigenvalue weighted by molar-refractivity contribution is 9.10. The normalized spacial score (nSPS) is 12.6. The molecule has 4 rings (SSSR count). The van der Waals surface area contributed by atoms with E-state index in [2.05, 4.69) is 21.2 Å². The van der Waals surface area contributed by atoms with E-state index in [9.17, 15) is 18.0 Å². The molecule has 0 radical (unpaired) electrons. The zero-order valence-corrected chi connectivity index (χ0v) is 28.5. The van der Waals surface area contributed by atoms with Gasteiger partial charge in [0.05, 0.1) is 10.6 Å². The highest BCUT2D eigenvalue weighted by Gasteiger charge is 2.35. The molecule has 0 fully saturated rings. The van der Waals surface area contributed by atoms with Crippen LogP contribution in [-0.2, 0) is 32.6 Å². The molecule has 0 aliphatic heterocycles. The lowest BCUT2D eigenvalue weighted by atomic mass is 10.0. The molecule has 236 valence electrons. The number of amides is 2. The zero-order valence-electron chi connectivity index (χ0n) is 26.1. The Hall–Kier alpha value is -3.95. The lowest BCUT2D eigenvalue weighted by molar-refractivity contribution is -0.140. The summed E-state index contributed by atoms with van der Waals surface area (Å²) in [6.07, 6.45) is 0.989. The van der Waals surface area contributed by atoms with Gasteiger partial charge in [0.1, 0.15) is 12.6 Å². The Bertz CT molecular complexity index is 1710. The Labute approximate surface area is 275 Å². The van der Waals surface area contributed by atoms with Crippen molar-refractivity contribution in [3.05, 3.63) is 130 Å². The molecular weight excluding hydrogens is 650 g/mol. The summed E-state index contributed by atoms with van der Waals surface area (Å²) in [6, 6.07) is 29.7. The van der Waals surface area contributed by atoms with Crippen LogP contribution < -0.4 is 9.62 Å².